The Kier molecular flexibility index (Phi) is 1.87. The Morgan fingerprint density at radius 1 is 1.50 bits per heavy atom. The molecule has 0 amide bonds. The van der Waals surface area contributed by atoms with Crippen LogP contribution < -0.4 is 0 Å². The molecule has 1 aliphatic carbocycles. The SMILES string of the molecule is CC(C)(C(=O)O)c1n[nH]c2c1CCC2. The highest BCUT2D eigenvalue weighted by molar-refractivity contribution is 5.80. The fourth-order valence-corrected chi connectivity index (χ4v) is 1.94. The molecule has 0 radical (unpaired) electrons. The third-order valence-electron chi connectivity index (χ3n) is 2.93. The molecule has 0 saturated heterocycles. The molecule has 2 N–H and O–H groups in total. The van der Waals surface area contributed by atoms with Gasteiger partial charge in [-0.25, -0.2) is 0 Å². The minimum Gasteiger partial charge on any atom is -0.481 e. The van der Waals surface area contributed by atoms with Gasteiger partial charge in [0.2, 0.25) is 0 Å². The van der Waals surface area contributed by atoms with Gasteiger partial charge in [-0.1, -0.05) is 0 Å². The minimum absolute atomic E-state index is 0.706. The second-order valence-electron chi connectivity index (χ2n) is 4.31. The lowest BCUT2D eigenvalue weighted by Gasteiger charge is -2.17. The second kappa shape index (κ2) is 2.83. The Morgan fingerprint density at radius 2 is 2.21 bits per heavy atom. The molecule has 1 aromatic heterocycles. The number of aromatic amines is 1. The molecule has 0 aliphatic heterocycles. The van der Waals surface area contributed by atoms with E-state index in [1.165, 1.54) is 0 Å². The van der Waals surface area contributed by atoms with Crippen molar-refractivity contribution in [2.45, 2.75) is 38.5 Å². The van der Waals surface area contributed by atoms with E-state index < -0.39 is 11.4 Å². The standard InChI is InChI=1S/C10H14N2O2/c1-10(2,9(13)14)8-6-4-3-5-7(6)11-12-8/h3-5H2,1-2H3,(H,11,12)(H,13,14). The molecule has 4 heteroatoms. The van der Waals surface area contributed by atoms with E-state index in [1.807, 2.05) is 0 Å². The average molecular weight is 194 g/mol. The number of hydrogen-bond acceptors (Lipinski definition) is 2. The van der Waals surface area contributed by atoms with Crippen LogP contribution in [0.15, 0.2) is 0 Å². The molecule has 0 fully saturated rings. The van der Waals surface area contributed by atoms with E-state index in [2.05, 4.69) is 10.2 Å². The van der Waals surface area contributed by atoms with Crippen LogP contribution in [0.3, 0.4) is 0 Å². The molecule has 14 heavy (non-hydrogen) atoms. The molecule has 0 bridgehead atoms. The van der Waals surface area contributed by atoms with Crippen LogP contribution in [0.25, 0.3) is 0 Å². The second-order valence-corrected chi connectivity index (χ2v) is 4.31. The number of rotatable bonds is 2. The predicted octanol–water partition coefficient (Wildman–Crippen LogP) is 1.26. The number of carbonyl (C=O) groups is 1. The molecule has 0 saturated carbocycles. The Balaban J connectivity index is 2.47. The fraction of sp³-hybridized carbons (Fsp3) is 0.600. The maximum absolute atomic E-state index is 11.1. The maximum atomic E-state index is 11.1. The first-order chi connectivity index (χ1) is 6.53. The number of aromatic nitrogens is 2. The molecule has 0 unspecified atom stereocenters. The van der Waals surface area contributed by atoms with Gasteiger partial charge in [0.15, 0.2) is 0 Å². The van der Waals surface area contributed by atoms with Crippen molar-refractivity contribution in [3.05, 3.63) is 17.0 Å². The molecule has 76 valence electrons. The van der Waals surface area contributed by atoms with Crippen LogP contribution in [-0.4, -0.2) is 21.3 Å². The smallest absolute Gasteiger partial charge is 0.315 e. The highest BCUT2D eigenvalue weighted by Gasteiger charge is 2.36. The van der Waals surface area contributed by atoms with E-state index in [1.54, 1.807) is 13.8 Å². The zero-order valence-corrected chi connectivity index (χ0v) is 8.42. The lowest BCUT2D eigenvalue weighted by Crippen LogP contribution is -2.30. The molecule has 4 nitrogen and oxygen atoms in total. The van der Waals surface area contributed by atoms with Crippen molar-refractivity contribution in [3.63, 3.8) is 0 Å². The third kappa shape index (κ3) is 1.14. The van der Waals surface area contributed by atoms with E-state index in [0.29, 0.717) is 5.69 Å². The highest BCUT2D eigenvalue weighted by atomic mass is 16.4. The van der Waals surface area contributed by atoms with Gasteiger partial charge in [-0.2, -0.15) is 5.10 Å². The van der Waals surface area contributed by atoms with Gasteiger partial charge in [-0.3, -0.25) is 9.89 Å². The summed E-state index contributed by atoms with van der Waals surface area (Å²) in [6, 6.07) is 0. The number of fused-ring (bicyclic) bond motifs is 1. The summed E-state index contributed by atoms with van der Waals surface area (Å²) in [7, 11) is 0. The first-order valence-electron chi connectivity index (χ1n) is 4.83. The van der Waals surface area contributed by atoms with E-state index >= 15 is 0 Å². The summed E-state index contributed by atoms with van der Waals surface area (Å²) in [6.07, 6.45) is 3.06. The number of aliphatic carboxylic acids is 1. The van der Waals surface area contributed by atoms with Gasteiger partial charge >= 0.3 is 5.97 Å². The van der Waals surface area contributed by atoms with Crippen molar-refractivity contribution in [1.82, 2.24) is 10.2 Å². The maximum Gasteiger partial charge on any atom is 0.315 e. The predicted molar refractivity (Wildman–Crippen MR) is 51.3 cm³/mol. The number of nitrogens with zero attached hydrogens (tertiary/aromatic N) is 1. The number of H-pyrrole nitrogens is 1. The molecular formula is C10H14N2O2. The average Bonchev–Trinajstić information content (AvgIpc) is 2.61. The van der Waals surface area contributed by atoms with Crippen molar-refractivity contribution in [3.8, 4) is 0 Å². The summed E-state index contributed by atoms with van der Waals surface area (Å²) in [5, 5.41) is 16.1. The normalized spacial score (nSPS) is 15.6. The monoisotopic (exact) mass is 194 g/mol. The van der Waals surface area contributed by atoms with Crippen molar-refractivity contribution in [2.24, 2.45) is 0 Å². The highest BCUT2D eigenvalue weighted by Crippen LogP contribution is 2.31. The molecule has 1 aromatic rings. The topological polar surface area (TPSA) is 66.0 Å². The van der Waals surface area contributed by atoms with Crippen LogP contribution in [-0.2, 0) is 23.1 Å². The Bertz CT molecular complexity index is 379. The molecule has 1 heterocycles. The summed E-state index contributed by atoms with van der Waals surface area (Å²) < 4.78 is 0. The number of carboxylic acid groups (broad SMARTS) is 1. The van der Waals surface area contributed by atoms with Crippen molar-refractivity contribution in [2.75, 3.05) is 0 Å². The number of nitrogens with one attached hydrogen (secondary N) is 1. The van der Waals surface area contributed by atoms with E-state index in [9.17, 15) is 4.79 Å². The van der Waals surface area contributed by atoms with E-state index in [-0.39, 0.29) is 0 Å². The van der Waals surface area contributed by atoms with Crippen LogP contribution in [0.1, 0.15) is 37.2 Å². The number of hydrogen-bond donors (Lipinski definition) is 2. The van der Waals surface area contributed by atoms with Gasteiger partial charge in [-0.15, -0.1) is 0 Å². The van der Waals surface area contributed by atoms with Crippen LogP contribution in [0.5, 0.6) is 0 Å². The fourth-order valence-electron chi connectivity index (χ4n) is 1.94. The first kappa shape index (κ1) is 9.24. The Morgan fingerprint density at radius 3 is 2.86 bits per heavy atom. The van der Waals surface area contributed by atoms with Crippen LogP contribution in [0.2, 0.25) is 0 Å². The minimum atomic E-state index is -0.881. The van der Waals surface area contributed by atoms with Gasteiger partial charge in [0.25, 0.3) is 0 Å². The van der Waals surface area contributed by atoms with Crippen LogP contribution >= 0.6 is 0 Å². The van der Waals surface area contributed by atoms with Gasteiger partial charge in [0.05, 0.1) is 5.69 Å². The van der Waals surface area contributed by atoms with E-state index in [4.69, 9.17) is 5.11 Å². The summed E-state index contributed by atoms with van der Waals surface area (Å²) in [6.45, 7) is 3.40. The molecule has 0 atom stereocenters. The van der Waals surface area contributed by atoms with Gasteiger partial charge in [0.1, 0.15) is 5.41 Å². The lowest BCUT2D eigenvalue weighted by atomic mass is 9.86. The Hall–Kier alpha value is -1.32. The molecular weight excluding hydrogens is 180 g/mol. The number of aryl methyl sites for hydroxylation is 1. The Labute approximate surface area is 82.3 Å². The first-order valence-corrected chi connectivity index (χ1v) is 4.83. The molecule has 2 rings (SSSR count). The summed E-state index contributed by atoms with van der Waals surface area (Å²) in [5.74, 6) is -0.821. The third-order valence-corrected chi connectivity index (χ3v) is 2.93. The van der Waals surface area contributed by atoms with E-state index in [0.717, 1.165) is 30.5 Å². The number of carboxylic acids is 1. The van der Waals surface area contributed by atoms with Gasteiger partial charge < -0.3 is 5.11 Å². The van der Waals surface area contributed by atoms with Crippen molar-refractivity contribution < 1.29 is 9.90 Å². The molecule has 0 aromatic carbocycles. The summed E-state index contributed by atoms with van der Waals surface area (Å²) in [4.78, 5) is 11.1. The molecule has 0 spiro atoms. The summed E-state index contributed by atoms with van der Waals surface area (Å²) in [5.41, 5.74) is 2.07. The van der Waals surface area contributed by atoms with Crippen LogP contribution in [0, 0.1) is 0 Å². The zero-order valence-electron chi connectivity index (χ0n) is 8.42. The largest absolute Gasteiger partial charge is 0.481 e. The summed E-state index contributed by atoms with van der Waals surface area (Å²) >= 11 is 0. The van der Waals surface area contributed by atoms with Crippen LogP contribution in [0.4, 0.5) is 0 Å². The lowest BCUT2D eigenvalue weighted by molar-refractivity contribution is -0.142. The molecule has 1 aliphatic rings. The zero-order chi connectivity index (χ0) is 10.3. The van der Waals surface area contributed by atoms with Crippen molar-refractivity contribution in [1.29, 1.82) is 0 Å². The quantitative estimate of drug-likeness (QED) is 0.744. The van der Waals surface area contributed by atoms with Crippen molar-refractivity contribution >= 4 is 5.97 Å². The van der Waals surface area contributed by atoms with Gasteiger partial charge in [0, 0.05) is 5.69 Å². The van der Waals surface area contributed by atoms with Gasteiger partial charge in [-0.05, 0) is 38.7 Å².